The molecule has 32 heavy (non-hydrogen) atoms. The number of rotatable bonds is 3. The third-order valence-corrected chi connectivity index (χ3v) is 8.39. The maximum atomic E-state index is 13.9. The molecule has 0 saturated carbocycles. The molecule has 4 rings (SSSR count). The molecule has 0 radical (unpaired) electrons. The van der Waals surface area contributed by atoms with E-state index in [4.69, 9.17) is 0 Å². The van der Waals surface area contributed by atoms with Gasteiger partial charge in [-0.2, -0.15) is 0 Å². The monoisotopic (exact) mass is 432 g/mol. The van der Waals surface area contributed by atoms with Crippen LogP contribution in [-0.2, 0) is 27.2 Å². The van der Waals surface area contributed by atoms with E-state index in [9.17, 15) is 19.2 Å². The van der Waals surface area contributed by atoms with Gasteiger partial charge < -0.3 is 0 Å². The molecule has 1 aromatic carbocycles. The summed E-state index contributed by atoms with van der Waals surface area (Å²) in [4.78, 5) is 51.6. The minimum absolute atomic E-state index is 0.00266. The Bertz CT molecular complexity index is 1180. The van der Waals surface area contributed by atoms with Gasteiger partial charge in [0.05, 0.1) is 11.0 Å². The maximum Gasteiger partial charge on any atom is 0.189 e. The fraction of sp³-hybridized carbons (Fsp3) is 0.500. The van der Waals surface area contributed by atoms with Crippen LogP contribution in [0.2, 0.25) is 0 Å². The lowest BCUT2D eigenvalue weighted by Gasteiger charge is -2.49. The molecule has 0 aromatic heterocycles. The molecule has 1 aromatic rings. The molecule has 3 unspecified atom stereocenters. The Morgan fingerprint density at radius 3 is 2.31 bits per heavy atom. The highest BCUT2D eigenvalue weighted by Crippen LogP contribution is 2.56. The lowest BCUT2D eigenvalue weighted by Crippen LogP contribution is -2.49. The average Bonchev–Trinajstić information content (AvgIpc) is 2.68. The molecule has 3 atom stereocenters. The number of allylic oxidation sites excluding steroid dienone is 4. The number of Topliss-reactive ketones (excluding diaryl/α,β-unsaturated/α-hetero) is 4. The van der Waals surface area contributed by atoms with Crippen LogP contribution in [0, 0.1) is 31.1 Å². The van der Waals surface area contributed by atoms with E-state index in [2.05, 4.69) is 6.07 Å². The van der Waals surface area contributed by atoms with Crippen LogP contribution in [-0.4, -0.2) is 23.1 Å². The smallest absolute Gasteiger partial charge is 0.189 e. The van der Waals surface area contributed by atoms with Crippen molar-refractivity contribution in [1.82, 2.24) is 0 Å². The quantitative estimate of drug-likeness (QED) is 0.630. The fourth-order valence-corrected chi connectivity index (χ4v) is 6.60. The highest BCUT2D eigenvalue weighted by Gasteiger charge is 2.54. The first-order chi connectivity index (χ1) is 14.9. The van der Waals surface area contributed by atoms with E-state index in [0.717, 1.165) is 63.8 Å². The molecule has 0 aliphatic heterocycles. The van der Waals surface area contributed by atoms with Gasteiger partial charge in [-0.05, 0) is 102 Å². The maximum absolute atomic E-state index is 13.9. The van der Waals surface area contributed by atoms with Crippen LogP contribution in [0.4, 0.5) is 0 Å². The molecule has 0 bridgehead atoms. The number of ketones is 4. The Morgan fingerprint density at radius 2 is 1.72 bits per heavy atom. The Balaban J connectivity index is 1.91. The zero-order valence-electron chi connectivity index (χ0n) is 20.2. The molecule has 0 spiro atoms. The molecule has 0 N–H and O–H groups in total. The summed E-state index contributed by atoms with van der Waals surface area (Å²) in [5, 5.41) is 0. The lowest BCUT2D eigenvalue weighted by molar-refractivity contribution is -0.129. The summed E-state index contributed by atoms with van der Waals surface area (Å²) < 4.78 is 0. The van der Waals surface area contributed by atoms with Gasteiger partial charge in [0.1, 0.15) is 5.78 Å². The number of hydrogen-bond donors (Lipinski definition) is 0. The van der Waals surface area contributed by atoms with Gasteiger partial charge in [-0.25, -0.2) is 0 Å². The predicted octanol–water partition coefficient (Wildman–Crippen LogP) is 5.01. The summed E-state index contributed by atoms with van der Waals surface area (Å²) in [5.41, 5.74) is 6.63. The van der Waals surface area contributed by atoms with Crippen LogP contribution in [0.5, 0.6) is 0 Å². The summed E-state index contributed by atoms with van der Waals surface area (Å²) in [7, 11) is 0. The summed E-state index contributed by atoms with van der Waals surface area (Å²) >= 11 is 0. The van der Waals surface area contributed by atoms with Gasteiger partial charge in [-0.3, -0.25) is 19.2 Å². The molecule has 4 heteroatoms. The zero-order valence-corrected chi connectivity index (χ0v) is 20.2. The minimum Gasteiger partial charge on any atom is -0.300 e. The second-order valence-corrected chi connectivity index (χ2v) is 10.4. The van der Waals surface area contributed by atoms with Crippen molar-refractivity contribution in [3.8, 4) is 0 Å². The second kappa shape index (κ2) is 7.47. The van der Waals surface area contributed by atoms with E-state index in [1.165, 1.54) is 6.92 Å². The summed E-state index contributed by atoms with van der Waals surface area (Å²) in [5.74, 6) is -0.0534. The zero-order chi connectivity index (χ0) is 23.7. The van der Waals surface area contributed by atoms with E-state index < -0.39 is 5.41 Å². The van der Waals surface area contributed by atoms with Crippen molar-refractivity contribution < 1.29 is 19.2 Å². The van der Waals surface area contributed by atoms with E-state index in [0.29, 0.717) is 12.0 Å². The van der Waals surface area contributed by atoms with Gasteiger partial charge in [0.25, 0.3) is 0 Å². The second-order valence-electron chi connectivity index (χ2n) is 10.4. The van der Waals surface area contributed by atoms with Crippen LogP contribution in [0.25, 0.3) is 0 Å². The number of carbonyl (C=O) groups excluding carboxylic acids is 4. The highest BCUT2D eigenvalue weighted by atomic mass is 16.2. The van der Waals surface area contributed by atoms with Crippen molar-refractivity contribution in [2.24, 2.45) is 17.3 Å². The van der Waals surface area contributed by atoms with E-state index >= 15 is 0 Å². The molecule has 3 aliphatic rings. The summed E-state index contributed by atoms with van der Waals surface area (Å²) in [6.45, 7) is 12.7. The van der Waals surface area contributed by atoms with Crippen molar-refractivity contribution in [2.45, 2.75) is 74.1 Å². The molecular formula is C28H32O4. The molecule has 0 fully saturated rings. The van der Waals surface area contributed by atoms with Crippen LogP contribution < -0.4 is 0 Å². The molecule has 0 saturated heterocycles. The Hall–Kier alpha value is -2.62. The third kappa shape index (κ3) is 3.02. The van der Waals surface area contributed by atoms with Gasteiger partial charge in [0, 0.05) is 17.6 Å². The fourth-order valence-electron chi connectivity index (χ4n) is 6.60. The van der Waals surface area contributed by atoms with E-state index in [1.54, 1.807) is 6.92 Å². The van der Waals surface area contributed by atoms with Gasteiger partial charge >= 0.3 is 0 Å². The Morgan fingerprint density at radius 1 is 1.06 bits per heavy atom. The van der Waals surface area contributed by atoms with Gasteiger partial charge in [0.15, 0.2) is 17.3 Å². The average molecular weight is 433 g/mol. The summed E-state index contributed by atoms with van der Waals surface area (Å²) in [6, 6.07) is 2.06. The van der Waals surface area contributed by atoms with Gasteiger partial charge in [0.2, 0.25) is 0 Å². The number of carbonyl (C=O) groups is 4. The van der Waals surface area contributed by atoms with Crippen LogP contribution in [0.1, 0.15) is 80.1 Å². The van der Waals surface area contributed by atoms with E-state index in [1.807, 2.05) is 34.6 Å². The Kier molecular flexibility index (Phi) is 5.27. The summed E-state index contributed by atoms with van der Waals surface area (Å²) in [6.07, 6.45) is 2.59. The van der Waals surface area contributed by atoms with Crippen LogP contribution in [0.3, 0.4) is 0 Å². The van der Waals surface area contributed by atoms with Gasteiger partial charge in [-0.1, -0.05) is 17.2 Å². The SMILES string of the molecule is CC(=O)Cc1cc(C)c2c(c1C)C(=O)C1=C(C)C3(C)C(=O)C(C(C)=O)=C(C)CC3CC1C2. The highest BCUT2D eigenvalue weighted by molar-refractivity contribution is 6.24. The van der Waals surface area contributed by atoms with Gasteiger partial charge in [-0.15, -0.1) is 0 Å². The van der Waals surface area contributed by atoms with Crippen molar-refractivity contribution in [3.63, 3.8) is 0 Å². The van der Waals surface area contributed by atoms with E-state index in [-0.39, 0.29) is 35.0 Å². The topological polar surface area (TPSA) is 68.3 Å². The number of aryl methyl sites for hydroxylation is 1. The Labute approximate surface area is 190 Å². The number of fused-ring (bicyclic) bond motifs is 3. The first-order valence-corrected chi connectivity index (χ1v) is 11.5. The third-order valence-electron chi connectivity index (χ3n) is 8.39. The van der Waals surface area contributed by atoms with Crippen LogP contribution in [0.15, 0.2) is 28.4 Å². The number of hydrogen-bond acceptors (Lipinski definition) is 4. The molecule has 3 aliphatic carbocycles. The molecule has 168 valence electrons. The minimum atomic E-state index is -0.820. The first-order valence-electron chi connectivity index (χ1n) is 11.5. The standard InChI is InChI=1S/C28H32O4/c1-13-8-19(10-15(3)29)16(4)24-22(13)12-20-11-21-9-14(2)23(18(6)30)27(32)28(21,7)17(5)25(20)26(24)31/h8,20-21H,9-12H2,1-7H3. The molecule has 4 nitrogen and oxygen atoms in total. The van der Waals surface area contributed by atoms with Crippen molar-refractivity contribution in [3.05, 3.63) is 56.2 Å². The molecule has 0 heterocycles. The predicted molar refractivity (Wildman–Crippen MR) is 124 cm³/mol. The van der Waals surface area contributed by atoms with Crippen molar-refractivity contribution in [1.29, 1.82) is 0 Å². The van der Waals surface area contributed by atoms with Crippen molar-refractivity contribution >= 4 is 23.1 Å². The lowest BCUT2D eigenvalue weighted by atomic mass is 9.52. The molecular weight excluding hydrogens is 400 g/mol. The number of benzene rings is 1. The largest absolute Gasteiger partial charge is 0.300 e. The van der Waals surface area contributed by atoms with Crippen LogP contribution >= 0.6 is 0 Å². The first kappa shape index (κ1) is 22.6. The molecule has 0 amide bonds. The normalized spacial score (nSPS) is 27.2. The van der Waals surface area contributed by atoms with Crippen molar-refractivity contribution in [2.75, 3.05) is 0 Å².